The van der Waals surface area contributed by atoms with Gasteiger partial charge in [-0.05, 0) is 73.9 Å². The summed E-state index contributed by atoms with van der Waals surface area (Å²) in [5.74, 6) is 0.259. The number of methoxy groups -OCH3 is 2. The second kappa shape index (κ2) is 12.5. The quantitative estimate of drug-likeness (QED) is 0.280. The van der Waals surface area contributed by atoms with Gasteiger partial charge in [-0.25, -0.2) is 4.39 Å². The van der Waals surface area contributed by atoms with Crippen LogP contribution in [0.25, 0.3) is 10.9 Å². The van der Waals surface area contributed by atoms with Gasteiger partial charge in [-0.3, -0.25) is 9.59 Å². The van der Waals surface area contributed by atoms with Crippen LogP contribution in [0.5, 0.6) is 11.5 Å². The minimum absolute atomic E-state index is 0.102. The highest BCUT2D eigenvalue weighted by molar-refractivity contribution is 5.96. The van der Waals surface area contributed by atoms with Crippen LogP contribution in [0, 0.1) is 5.82 Å². The SMILES string of the molecule is COc1ccc(CN(CCc2c[nH]c3ccccc23)C(=O)CN(C(=O)c2ccc(F)cc2)C(C)C)cc1OC. The van der Waals surface area contributed by atoms with Crippen molar-refractivity contribution in [3.8, 4) is 11.5 Å². The summed E-state index contributed by atoms with van der Waals surface area (Å²) >= 11 is 0. The van der Waals surface area contributed by atoms with E-state index in [4.69, 9.17) is 9.47 Å². The van der Waals surface area contributed by atoms with Gasteiger partial charge in [0.2, 0.25) is 5.91 Å². The van der Waals surface area contributed by atoms with E-state index >= 15 is 0 Å². The predicted octanol–water partition coefficient (Wildman–Crippen LogP) is 5.45. The van der Waals surface area contributed by atoms with E-state index in [1.165, 1.54) is 29.2 Å². The smallest absolute Gasteiger partial charge is 0.254 e. The minimum atomic E-state index is -0.419. The number of carbonyl (C=O) groups is 2. The number of halogens is 1. The molecule has 8 heteroatoms. The summed E-state index contributed by atoms with van der Waals surface area (Å²) < 4.78 is 24.2. The Morgan fingerprint density at radius 2 is 1.67 bits per heavy atom. The highest BCUT2D eigenvalue weighted by Gasteiger charge is 2.25. The lowest BCUT2D eigenvalue weighted by atomic mass is 10.1. The summed E-state index contributed by atoms with van der Waals surface area (Å²) in [6.45, 7) is 4.40. The van der Waals surface area contributed by atoms with Gasteiger partial charge >= 0.3 is 0 Å². The minimum Gasteiger partial charge on any atom is -0.493 e. The van der Waals surface area contributed by atoms with E-state index in [2.05, 4.69) is 11.1 Å². The van der Waals surface area contributed by atoms with Crippen molar-refractivity contribution >= 4 is 22.7 Å². The molecule has 204 valence electrons. The maximum atomic E-state index is 13.8. The number of ether oxygens (including phenoxy) is 2. The molecule has 0 saturated carbocycles. The van der Waals surface area contributed by atoms with Crippen molar-refractivity contribution in [2.45, 2.75) is 32.9 Å². The summed E-state index contributed by atoms with van der Waals surface area (Å²) in [4.78, 5) is 33.6. The summed E-state index contributed by atoms with van der Waals surface area (Å²) in [7, 11) is 3.15. The number of aromatic nitrogens is 1. The van der Waals surface area contributed by atoms with Crippen molar-refractivity contribution in [2.24, 2.45) is 0 Å². The fourth-order valence-electron chi connectivity index (χ4n) is 4.58. The Morgan fingerprint density at radius 3 is 2.36 bits per heavy atom. The molecule has 3 aromatic carbocycles. The number of nitrogens with zero attached hydrogens (tertiary/aromatic N) is 2. The van der Waals surface area contributed by atoms with Crippen LogP contribution in [0.1, 0.15) is 35.3 Å². The van der Waals surface area contributed by atoms with Gasteiger partial charge in [-0.1, -0.05) is 24.3 Å². The number of nitrogens with one attached hydrogen (secondary N) is 1. The number of carbonyl (C=O) groups excluding carboxylic acids is 2. The largest absolute Gasteiger partial charge is 0.493 e. The lowest BCUT2D eigenvalue weighted by Gasteiger charge is -2.30. The lowest BCUT2D eigenvalue weighted by molar-refractivity contribution is -0.132. The van der Waals surface area contributed by atoms with Crippen molar-refractivity contribution in [3.63, 3.8) is 0 Å². The lowest BCUT2D eigenvalue weighted by Crippen LogP contribution is -2.46. The van der Waals surface area contributed by atoms with Crippen LogP contribution in [-0.4, -0.2) is 59.9 Å². The molecular formula is C31H34FN3O4. The van der Waals surface area contributed by atoms with Gasteiger partial charge in [0.25, 0.3) is 5.91 Å². The Balaban J connectivity index is 1.58. The number of H-pyrrole nitrogens is 1. The highest BCUT2D eigenvalue weighted by atomic mass is 19.1. The maximum Gasteiger partial charge on any atom is 0.254 e. The number of aromatic amines is 1. The molecule has 2 amide bonds. The van der Waals surface area contributed by atoms with Crippen molar-refractivity contribution in [3.05, 3.63) is 95.4 Å². The van der Waals surface area contributed by atoms with Crippen LogP contribution in [0.15, 0.2) is 72.9 Å². The molecule has 1 N–H and O–H groups in total. The number of hydrogen-bond acceptors (Lipinski definition) is 4. The summed E-state index contributed by atoms with van der Waals surface area (Å²) in [6.07, 6.45) is 2.61. The van der Waals surface area contributed by atoms with Gasteiger partial charge in [0.15, 0.2) is 11.5 Å². The van der Waals surface area contributed by atoms with Crippen LogP contribution in [0.2, 0.25) is 0 Å². The maximum absolute atomic E-state index is 13.8. The van der Waals surface area contributed by atoms with Crippen LogP contribution in [0.3, 0.4) is 0 Å². The highest BCUT2D eigenvalue weighted by Crippen LogP contribution is 2.28. The van der Waals surface area contributed by atoms with E-state index in [1.54, 1.807) is 19.1 Å². The van der Waals surface area contributed by atoms with Gasteiger partial charge < -0.3 is 24.3 Å². The molecule has 4 rings (SSSR count). The first-order valence-electron chi connectivity index (χ1n) is 12.9. The van der Waals surface area contributed by atoms with Crippen LogP contribution in [-0.2, 0) is 17.8 Å². The third-order valence-corrected chi connectivity index (χ3v) is 6.78. The number of rotatable bonds is 11. The number of benzene rings is 3. The molecule has 0 saturated heterocycles. The van der Waals surface area contributed by atoms with Crippen molar-refractivity contribution in [1.82, 2.24) is 14.8 Å². The van der Waals surface area contributed by atoms with E-state index in [0.29, 0.717) is 36.6 Å². The topological polar surface area (TPSA) is 74.9 Å². The van der Waals surface area contributed by atoms with Crippen LogP contribution >= 0.6 is 0 Å². The van der Waals surface area contributed by atoms with E-state index < -0.39 is 5.82 Å². The summed E-state index contributed by atoms with van der Waals surface area (Å²) in [5.41, 5.74) is 3.36. The van der Waals surface area contributed by atoms with Crippen molar-refractivity contribution in [1.29, 1.82) is 0 Å². The number of amides is 2. The summed E-state index contributed by atoms with van der Waals surface area (Å²) in [6, 6.07) is 18.8. The summed E-state index contributed by atoms with van der Waals surface area (Å²) in [5, 5.41) is 1.12. The third kappa shape index (κ3) is 6.57. The van der Waals surface area contributed by atoms with Crippen molar-refractivity contribution < 1.29 is 23.5 Å². The van der Waals surface area contributed by atoms with E-state index in [1.807, 2.05) is 56.4 Å². The molecule has 0 atom stereocenters. The van der Waals surface area contributed by atoms with E-state index in [9.17, 15) is 14.0 Å². The molecule has 0 unspecified atom stereocenters. The number of fused-ring (bicyclic) bond motifs is 1. The van der Waals surface area contributed by atoms with Crippen LogP contribution in [0.4, 0.5) is 4.39 Å². The molecule has 4 aromatic rings. The molecule has 0 fully saturated rings. The number of hydrogen-bond donors (Lipinski definition) is 1. The zero-order chi connectivity index (χ0) is 27.9. The van der Waals surface area contributed by atoms with Crippen molar-refractivity contribution in [2.75, 3.05) is 27.3 Å². The molecule has 0 spiro atoms. The van der Waals surface area contributed by atoms with Gasteiger partial charge in [0.05, 0.1) is 14.2 Å². The Labute approximate surface area is 228 Å². The Morgan fingerprint density at radius 1 is 0.949 bits per heavy atom. The Hall–Kier alpha value is -4.33. The van der Waals surface area contributed by atoms with E-state index in [0.717, 1.165) is 22.0 Å². The molecule has 1 aromatic heterocycles. The average molecular weight is 532 g/mol. The fourth-order valence-corrected chi connectivity index (χ4v) is 4.58. The van der Waals surface area contributed by atoms with Gasteiger partial charge in [0, 0.05) is 41.8 Å². The first-order chi connectivity index (χ1) is 18.8. The molecule has 0 aliphatic carbocycles. The molecule has 7 nitrogen and oxygen atoms in total. The van der Waals surface area contributed by atoms with Gasteiger partial charge in [-0.2, -0.15) is 0 Å². The second-order valence-electron chi connectivity index (χ2n) is 9.65. The Kier molecular flexibility index (Phi) is 8.86. The molecular weight excluding hydrogens is 497 g/mol. The molecule has 0 aliphatic rings. The average Bonchev–Trinajstić information content (AvgIpc) is 3.36. The molecule has 0 radical (unpaired) electrons. The zero-order valence-corrected chi connectivity index (χ0v) is 22.7. The van der Waals surface area contributed by atoms with Gasteiger partial charge in [-0.15, -0.1) is 0 Å². The fraction of sp³-hybridized carbons (Fsp3) is 0.290. The molecule has 0 bridgehead atoms. The van der Waals surface area contributed by atoms with Gasteiger partial charge in [0.1, 0.15) is 12.4 Å². The first kappa shape index (κ1) is 27.7. The zero-order valence-electron chi connectivity index (χ0n) is 22.7. The standard InChI is InChI=1S/C31H34FN3O4/c1-21(2)35(31(37)23-10-12-25(32)13-11-23)20-30(36)34(19-22-9-14-28(38-3)29(17-22)39-4)16-15-24-18-33-27-8-6-5-7-26(24)27/h5-14,17-18,21,33H,15-16,19-20H2,1-4H3. The molecule has 39 heavy (non-hydrogen) atoms. The third-order valence-electron chi connectivity index (χ3n) is 6.78. The normalized spacial score (nSPS) is 11.0. The van der Waals surface area contributed by atoms with E-state index in [-0.39, 0.29) is 24.4 Å². The number of para-hydroxylation sites is 1. The molecule has 1 heterocycles. The first-order valence-corrected chi connectivity index (χ1v) is 12.9. The predicted molar refractivity (Wildman–Crippen MR) is 150 cm³/mol. The molecule has 0 aliphatic heterocycles. The second-order valence-corrected chi connectivity index (χ2v) is 9.65. The Bertz CT molecular complexity index is 1430. The van der Waals surface area contributed by atoms with Crippen LogP contribution < -0.4 is 9.47 Å². The monoisotopic (exact) mass is 531 g/mol.